The van der Waals surface area contributed by atoms with Gasteiger partial charge < -0.3 is 14.4 Å². The van der Waals surface area contributed by atoms with Gasteiger partial charge in [-0.25, -0.2) is 4.79 Å². The average molecular weight is 283 g/mol. The monoisotopic (exact) mass is 283 g/mol. The third kappa shape index (κ3) is 6.94. The van der Waals surface area contributed by atoms with E-state index in [4.69, 9.17) is 9.47 Å². The molecule has 4 nitrogen and oxygen atoms in total. The van der Waals surface area contributed by atoms with Crippen LogP contribution in [0.2, 0.25) is 0 Å². The quantitative estimate of drug-likeness (QED) is 0.721. The van der Waals surface area contributed by atoms with Gasteiger partial charge in [-0.3, -0.25) is 0 Å². The minimum Gasteiger partial charge on any atom is -0.444 e. The van der Waals surface area contributed by atoms with Crippen molar-refractivity contribution in [2.45, 2.75) is 65.1 Å². The molecule has 1 aliphatic heterocycles. The topological polar surface area (TPSA) is 38.8 Å². The zero-order chi connectivity index (χ0) is 15.0. The van der Waals surface area contributed by atoms with E-state index in [1.807, 2.05) is 20.8 Å². The summed E-state index contributed by atoms with van der Waals surface area (Å²) in [6, 6.07) is 0. The molecule has 1 fully saturated rings. The number of unbranched alkanes of at least 4 members (excludes halogenated alkanes) is 1. The Morgan fingerprint density at radius 1 is 1.25 bits per heavy atom. The van der Waals surface area contributed by atoms with Gasteiger partial charge in [0.15, 0.2) is 0 Å². The second-order valence-electron chi connectivity index (χ2n) is 6.26. The van der Waals surface area contributed by atoms with Crippen molar-refractivity contribution in [1.82, 2.24) is 4.90 Å². The van der Waals surface area contributed by atoms with Gasteiger partial charge in [-0.1, -0.05) is 25.5 Å². The van der Waals surface area contributed by atoms with E-state index >= 15 is 0 Å². The summed E-state index contributed by atoms with van der Waals surface area (Å²) in [5, 5.41) is 0. The maximum Gasteiger partial charge on any atom is 0.410 e. The summed E-state index contributed by atoms with van der Waals surface area (Å²) in [4.78, 5) is 13.7. The molecule has 0 aromatic heterocycles. The number of hydrogen-bond acceptors (Lipinski definition) is 3. The smallest absolute Gasteiger partial charge is 0.410 e. The number of amides is 1. The van der Waals surface area contributed by atoms with Crippen molar-refractivity contribution < 1.29 is 14.3 Å². The molecular weight excluding hydrogens is 254 g/mol. The van der Waals surface area contributed by atoms with E-state index in [0.29, 0.717) is 6.61 Å². The molecule has 0 bridgehead atoms. The molecule has 0 unspecified atom stereocenters. The molecule has 0 aromatic rings. The van der Waals surface area contributed by atoms with Crippen LogP contribution in [0.25, 0.3) is 0 Å². The fraction of sp³-hybridized carbons (Fsp3) is 0.812. The highest BCUT2D eigenvalue weighted by Gasteiger charge is 2.26. The number of carbonyl (C=O) groups is 1. The number of carbonyl (C=O) groups excluding carboxylic acids is 1. The molecule has 0 aromatic carbocycles. The van der Waals surface area contributed by atoms with Gasteiger partial charge in [-0.2, -0.15) is 0 Å². The molecule has 1 rings (SSSR count). The summed E-state index contributed by atoms with van der Waals surface area (Å²) in [5.41, 5.74) is -0.422. The van der Waals surface area contributed by atoms with Crippen LogP contribution in [0.3, 0.4) is 0 Å². The largest absolute Gasteiger partial charge is 0.444 e. The van der Waals surface area contributed by atoms with Crippen molar-refractivity contribution in [1.29, 1.82) is 0 Å². The minimum atomic E-state index is -0.422. The first kappa shape index (κ1) is 17.0. The SMILES string of the molecule is CCCC=CCOC1CCN(C(=O)OC(C)(C)C)CC1. The fourth-order valence-corrected chi connectivity index (χ4v) is 2.08. The Bertz CT molecular complexity index is 312. The van der Waals surface area contributed by atoms with E-state index in [2.05, 4.69) is 19.1 Å². The van der Waals surface area contributed by atoms with Gasteiger partial charge >= 0.3 is 6.09 Å². The lowest BCUT2D eigenvalue weighted by Gasteiger charge is -2.33. The summed E-state index contributed by atoms with van der Waals surface area (Å²) < 4.78 is 11.2. The van der Waals surface area contributed by atoms with Crippen molar-refractivity contribution >= 4 is 6.09 Å². The van der Waals surface area contributed by atoms with Gasteiger partial charge in [0.1, 0.15) is 5.60 Å². The first-order valence-electron chi connectivity index (χ1n) is 7.67. The average Bonchev–Trinajstić information content (AvgIpc) is 2.37. The van der Waals surface area contributed by atoms with Crippen LogP contribution in [0.15, 0.2) is 12.2 Å². The highest BCUT2D eigenvalue weighted by atomic mass is 16.6. The predicted octanol–water partition coefficient (Wildman–Crippen LogP) is 3.76. The van der Waals surface area contributed by atoms with Crippen LogP contribution in [0.1, 0.15) is 53.4 Å². The van der Waals surface area contributed by atoms with Gasteiger partial charge in [0.2, 0.25) is 0 Å². The summed E-state index contributed by atoms with van der Waals surface area (Å²) in [6.07, 6.45) is 8.37. The van der Waals surface area contributed by atoms with Crippen molar-refractivity contribution in [3.63, 3.8) is 0 Å². The number of allylic oxidation sites excluding steroid dienone is 1. The highest BCUT2D eigenvalue weighted by molar-refractivity contribution is 5.68. The van der Waals surface area contributed by atoms with Crippen molar-refractivity contribution in [2.24, 2.45) is 0 Å². The highest BCUT2D eigenvalue weighted by Crippen LogP contribution is 2.17. The second-order valence-corrected chi connectivity index (χ2v) is 6.26. The molecule has 20 heavy (non-hydrogen) atoms. The molecule has 116 valence electrons. The fourth-order valence-electron chi connectivity index (χ4n) is 2.08. The van der Waals surface area contributed by atoms with E-state index in [0.717, 1.165) is 32.4 Å². The second kappa shape index (κ2) is 8.30. The Hall–Kier alpha value is -1.03. The maximum absolute atomic E-state index is 11.9. The van der Waals surface area contributed by atoms with Crippen LogP contribution in [-0.2, 0) is 9.47 Å². The maximum atomic E-state index is 11.9. The first-order valence-corrected chi connectivity index (χ1v) is 7.67. The lowest BCUT2D eigenvalue weighted by atomic mass is 10.1. The summed E-state index contributed by atoms with van der Waals surface area (Å²) in [5.74, 6) is 0. The molecule has 4 heteroatoms. The third-order valence-corrected chi connectivity index (χ3v) is 3.14. The lowest BCUT2D eigenvalue weighted by molar-refractivity contribution is -0.00473. The van der Waals surface area contributed by atoms with Crippen molar-refractivity contribution in [3.8, 4) is 0 Å². The Morgan fingerprint density at radius 3 is 2.45 bits per heavy atom. The van der Waals surface area contributed by atoms with E-state index in [-0.39, 0.29) is 12.2 Å². The van der Waals surface area contributed by atoms with Crippen LogP contribution < -0.4 is 0 Å². The van der Waals surface area contributed by atoms with E-state index < -0.39 is 5.60 Å². The summed E-state index contributed by atoms with van der Waals surface area (Å²) >= 11 is 0. The molecule has 0 radical (unpaired) electrons. The molecule has 0 N–H and O–H groups in total. The van der Waals surface area contributed by atoms with Crippen LogP contribution >= 0.6 is 0 Å². The Balaban J connectivity index is 2.21. The number of piperidine rings is 1. The zero-order valence-electron chi connectivity index (χ0n) is 13.4. The normalized spacial score (nSPS) is 17.7. The van der Waals surface area contributed by atoms with Gasteiger partial charge in [0, 0.05) is 13.1 Å². The Labute approximate surface area is 123 Å². The summed E-state index contributed by atoms with van der Waals surface area (Å²) in [6.45, 7) is 9.96. The molecule has 0 atom stereocenters. The van der Waals surface area contributed by atoms with E-state index in [9.17, 15) is 4.79 Å². The van der Waals surface area contributed by atoms with Crippen LogP contribution in [-0.4, -0.2) is 42.4 Å². The Morgan fingerprint density at radius 2 is 1.90 bits per heavy atom. The van der Waals surface area contributed by atoms with Gasteiger partial charge in [-0.05, 0) is 40.0 Å². The standard InChI is InChI=1S/C16H29NO3/c1-5-6-7-8-13-19-14-9-11-17(12-10-14)15(18)20-16(2,3)4/h7-8,14H,5-6,9-13H2,1-4H3. The number of nitrogens with zero attached hydrogens (tertiary/aromatic N) is 1. The van der Waals surface area contributed by atoms with Crippen molar-refractivity contribution in [2.75, 3.05) is 19.7 Å². The molecule has 0 aliphatic carbocycles. The van der Waals surface area contributed by atoms with Crippen LogP contribution in [0, 0.1) is 0 Å². The van der Waals surface area contributed by atoms with Gasteiger partial charge in [-0.15, -0.1) is 0 Å². The zero-order valence-corrected chi connectivity index (χ0v) is 13.4. The molecule has 0 saturated carbocycles. The van der Waals surface area contributed by atoms with Crippen molar-refractivity contribution in [3.05, 3.63) is 12.2 Å². The third-order valence-electron chi connectivity index (χ3n) is 3.14. The molecular formula is C16H29NO3. The minimum absolute atomic E-state index is 0.209. The van der Waals surface area contributed by atoms with Gasteiger partial charge in [0.25, 0.3) is 0 Å². The van der Waals surface area contributed by atoms with E-state index in [1.165, 1.54) is 6.42 Å². The molecule has 1 aliphatic rings. The Kier molecular flexibility index (Phi) is 7.06. The molecule has 1 amide bonds. The molecule has 0 spiro atoms. The molecule has 1 saturated heterocycles. The first-order chi connectivity index (χ1) is 9.42. The predicted molar refractivity (Wildman–Crippen MR) is 80.8 cm³/mol. The molecule has 1 heterocycles. The van der Waals surface area contributed by atoms with Gasteiger partial charge in [0.05, 0.1) is 12.7 Å². The number of rotatable bonds is 5. The number of likely N-dealkylation sites (tertiary alicyclic amines) is 1. The van der Waals surface area contributed by atoms with Crippen LogP contribution in [0.5, 0.6) is 0 Å². The lowest BCUT2D eigenvalue weighted by Crippen LogP contribution is -2.43. The van der Waals surface area contributed by atoms with E-state index in [1.54, 1.807) is 4.90 Å². The number of ether oxygens (including phenoxy) is 2. The number of hydrogen-bond donors (Lipinski definition) is 0. The van der Waals surface area contributed by atoms with Crippen LogP contribution in [0.4, 0.5) is 4.79 Å². The summed E-state index contributed by atoms with van der Waals surface area (Å²) in [7, 11) is 0.